The van der Waals surface area contributed by atoms with Crippen molar-refractivity contribution in [3.63, 3.8) is 0 Å². The Hall–Kier alpha value is -3.32. The molecule has 0 unspecified atom stereocenters. The Labute approximate surface area is 216 Å². The zero-order valence-electron chi connectivity index (χ0n) is 21.0. The molecule has 1 fully saturated rings. The molecule has 0 aromatic heterocycles. The van der Waals surface area contributed by atoms with Crippen LogP contribution in [0.4, 0.5) is 0 Å². The van der Waals surface area contributed by atoms with Crippen molar-refractivity contribution in [3.8, 4) is 0 Å². The number of carbonyl (C=O) groups excluding carboxylic acids is 2. The third kappa shape index (κ3) is 4.60. The normalized spacial score (nSPS) is 19.2. The Kier molecular flexibility index (Phi) is 7.01. The molecule has 3 heterocycles. The van der Waals surface area contributed by atoms with E-state index >= 15 is 0 Å². The fourth-order valence-corrected chi connectivity index (χ4v) is 5.99. The summed E-state index contributed by atoms with van der Waals surface area (Å²) in [6.07, 6.45) is 2.39. The predicted molar refractivity (Wildman–Crippen MR) is 144 cm³/mol. The Morgan fingerprint density at radius 1 is 1.08 bits per heavy atom. The Morgan fingerprint density at radius 2 is 1.83 bits per heavy atom. The first kappa shape index (κ1) is 24.4. The second kappa shape index (κ2) is 10.3. The van der Waals surface area contributed by atoms with Crippen molar-refractivity contribution in [2.45, 2.75) is 46.1 Å². The molecule has 1 amide bonds. The van der Waals surface area contributed by atoms with Crippen molar-refractivity contribution < 1.29 is 14.3 Å². The molecule has 3 aliphatic rings. The van der Waals surface area contributed by atoms with Crippen LogP contribution in [0.5, 0.6) is 0 Å². The molecule has 0 N–H and O–H groups in total. The van der Waals surface area contributed by atoms with Gasteiger partial charge < -0.3 is 14.5 Å². The molecule has 1 atom stereocenters. The zero-order chi connectivity index (χ0) is 25.2. The minimum Gasteiger partial charge on any atom is -0.463 e. The lowest BCUT2D eigenvalue weighted by Gasteiger charge is -2.37. The lowest BCUT2D eigenvalue weighted by molar-refractivity contribution is -0.139. The van der Waals surface area contributed by atoms with Crippen LogP contribution in [0.2, 0.25) is 0 Å². The van der Waals surface area contributed by atoms with E-state index in [0.29, 0.717) is 11.3 Å². The van der Waals surface area contributed by atoms with Crippen molar-refractivity contribution in [1.82, 2.24) is 9.80 Å². The molecule has 0 aliphatic carbocycles. The number of amides is 1. The number of aryl methyl sites for hydroxylation is 2. The van der Waals surface area contributed by atoms with E-state index in [2.05, 4.69) is 36.9 Å². The van der Waals surface area contributed by atoms with Gasteiger partial charge in [0, 0.05) is 24.4 Å². The van der Waals surface area contributed by atoms with Crippen LogP contribution < -0.4 is 0 Å². The molecule has 186 valence electrons. The molecule has 6 nitrogen and oxygen atoms in total. The van der Waals surface area contributed by atoms with E-state index in [9.17, 15) is 9.59 Å². The summed E-state index contributed by atoms with van der Waals surface area (Å²) >= 11 is 1.51. The van der Waals surface area contributed by atoms with Crippen molar-refractivity contribution in [1.29, 1.82) is 0 Å². The van der Waals surface area contributed by atoms with Crippen molar-refractivity contribution in [2.24, 2.45) is 4.99 Å². The van der Waals surface area contributed by atoms with Gasteiger partial charge in [0.05, 0.1) is 30.3 Å². The second-order valence-corrected chi connectivity index (χ2v) is 10.2. The summed E-state index contributed by atoms with van der Waals surface area (Å²) in [6.45, 7) is 7.83. The molecule has 0 radical (unpaired) electrons. The van der Waals surface area contributed by atoms with Gasteiger partial charge in [0.1, 0.15) is 0 Å². The van der Waals surface area contributed by atoms with E-state index in [1.165, 1.54) is 11.8 Å². The smallest absolute Gasteiger partial charge is 0.338 e. The van der Waals surface area contributed by atoms with Crippen LogP contribution in [0.3, 0.4) is 0 Å². The molecule has 2 aromatic carbocycles. The zero-order valence-corrected chi connectivity index (χ0v) is 21.8. The van der Waals surface area contributed by atoms with Gasteiger partial charge in [-0.15, -0.1) is 0 Å². The lowest BCUT2D eigenvalue weighted by atomic mass is 9.88. The fourth-order valence-electron chi connectivity index (χ4n) is 5.07. The highest BCUT2D eigenvalue weighted by molar-refractivity contribution is 8.16. The highest BCUT2D eigenvalue weighted by Gasteiger charge is 2.43. The molecular formula is C29H31N3O3S. The summed E-state index contributed by atoms with van der Waals surface area (Å²) in [7, 11) is 0. The standard InChI is InChI=1S/C29H31N3O3S/c1-4-35-28(34)25-26(21-10-6-5-7-11-21)30-29-32(27(25)23-16-19(2)12-13-20(23)3)22(18-36-29)17-24(33)31-14-8-9-15-31/h5-7,10-13,16,18,27H,4,8-9,14-15,17H2,1-3H3/t27-/m0/s1. The van der Waals surface area contributed by atoms with Gasteiger partial charge in [0.2, 0.25) is 5.91 Å². The summed E-state index contributed by atoms with van der Waals surface area (Å²) in [6, 6.07) is 15.6. The molecule has 1 saturated heterocycles. The number of nitrogens with zero attached hydrogens (tertiary/aromatic N) is 3. The van der Waals surface area contributed by atoms with E-state index in [1.54, 1.807) is 0 Å². The molecule has 0 bridgehead atoms. The quantitative estimate of drug-likeness (QED) is 0.483. The number of esters is 1. The minimum absolute atomic E-state index is 0.121. The molecular weight excluding hydrogens is 470 g/mol. The SMILES string of the molecule is CCOC(=O)C1=C(c2ccccc2)N=C2SC=C(CC(=O)N3CCCC3)N2[C@H]1c1cc(C)ccc1C. The van der Waals surface area contributed by atoms with Gasteiger partial charge in [-0.1, -0.05) is 65.9 Å². The number of aliphatic imine (C=N–C) groups is 1. The number of ether oxygens (including phenoxy) is 1. The molecule has 2 aromatic rings. The van der Waals surface area contributed by atoms with Crippen LogP contribution in [0.25, 0.3) is 5.70 Å². The highest BCUT2D eigenvalue weighted by Crippen LogP contribution is 2.48. The summed E-state index contributed by atoms with van der Waals surface area (Å²) < 4.78 is 5.61. The van der Waals surface area contributed by atoms with Gasteiger partial charge in [-0.25, -0.2) is 9.79 Å². The number of likely N-dealkylation sites (tertiary alicyclic amines) is 1. The molecule has 0 spiro atoms. The van der Waals surface area contributed by atoms with E-state index in [1.807, 2.05) is 47.6 Å². The summed E-state index contributed by atoms with van der Waals surface area (Å²) in [5, 5.41) is 2.79. The van der Waals surface area contributed by atoms with E-state index in [0.717, 1.165) is 59.0 Å². The van der Waals surface area contributed by atoms with Crippen LogP contribution in [-0.4, -0.2) is 46.5 Å². The molecule has 0 saturated carbocycles. The average Bonchev–Trinajstić information content (AvgIpc) is 3.56. The van der Waals surface area contributed by atoms with Crippen LogP contribution in [-0.2, 0) is 14.3 Å². The number of carbonyl (C=O) groups is 2. The Balaban J connectivity index is 1.66. The van der Waals surface area contributed by atoms with Crippen molar-refractivity contribution >= 4 is 34.5 Å². The van der Waals surface area contributed by atoms with Gasteiger partial charge in [0.15, 0.2) is 5.17 Å². The summed E-state index contributed by atoms with van der Waals surface area (Å²) in [4.78, 5) is 35.8. The maximum Gasteiger partial charge on any atom is 0.338 e. The topological polar surface area (TPSA) is 62.2 Å². The minimum atomic E-state index is -0.445. The summed E-state index contributed by atoms with van der Waals surface area (Å²) in [5.41, 5.74) is 6.06. The number of amidine groups is 1. The number of hydrogen-bond donors (Lipinski definition) is 0. The number of fused-ring (bicyclic) bond motifs is 1. The van der Waals surface area contributed by atoms with Gasteiger partial charge in [0.25, 0.3) is 0 Å². The maximum atomic E-state index is 13.6. The number of benzene rings is 2. The van der Waals surface area contributed by atoms with Gasteiger partial charge in [-0.3, -0.25) is 4.79 Å². The molecule has 36 heavy (non-hydrogen) atoms. The van der Waals surface area contributed by atoms with Crippen LogP contribution in [0, 0.1) is 13.8 Å². The van der Waals surface area contributed by atoms with E-state index < -0.39 is 6.04 Å². The first-order valence-corrected chi connectivity index (χ1v) is 13.4. The highest BCUT2D eigenvalue weighted by atomic mass is 32.2. The first-order valence-electron chi connectivity index (χ1n) is 12.5. The van der Waals surface area contributed by atoms with E-state index in [4.69, 9.17) is 9.73 Å². The summed E-state index contributed by atoms with van der Waals surface area (Å²) in [5.74, 6) is -0.261. The predicted octanol–water partition coefficient (Wildman–Crippen LogP) is 5.59. The third-order valence-corrected chi connectivity index (χ3v) is 7.76. The van der Waals surface area contributed by atoms with Gasteiger partial charge in [-0.2, -0.15) is 0 Å². The van der Waals surface area contributed by atoms with Crippen molar-refractivity contribution in [2.75, 3.05) is 19.7 Å². The molecule has 7 heteroatoms. The number of thioether (sulfide) groups is 1. The van der Waals surface area contributed by atoms with Crippen LogP contribution in [0.15, 0.2) is 70.2 Å². The maximum absolute atomic E-state index is 13.6. The lowest BCUT2D eigenvalue weighted by Crippen LogP contribution is -2.38. The number of hydrogen-bond acceptors (Lipinski definition) is 6. The molecule has 5 rings (SSSR count). The second-order valence-electron chi connectivity index (χ2n) is 9.37. The Bertz CT molecular complexity index is 1280. The van der Waals surface area contributed by atoms with Gasteiger partial charge >= 0.3 is 5.97 Å². The first-order chi connectivity index (χ1) is 17.5. The molecule has 3 aliphatic heterocycles. The number of rotatable bonds is 6. The third-order valence-electron chi connectivity index (χ3n) is 6.87. The van der Waals surface area contributed by atoms with Gasteiger partial charge in [-0.05, 0) is 50.1 Å². The van der Waals surface area contributed by atoms with Crippen LogP contribution >= 0.6 is 11.8 Å². The fraction of sp³-hybridized carbons (Fsp3) is 0.345. The van der Waals surface area contributed by atoms with Crippen LogP contribution in [0.1, 0.15) is 54.5 Å². The van der Waals surface area contributed by atoms with Crippen molar-refractivity contribution in [3.05, 3.63) is 87.5 Å². The Morgan fingerprint density at radius 3 is 2.56 bits per heavy atom. The average molecular weight is 502 g/mol. The largest absolute Gasteiger partial charge is 0.463 e. The van der Waals surface area contributed by atoms with E-state index in [-0.39, 0.29) is 24.9 Å². The monoisotopic (exact) mass is 501 g/mol.